The summed E-state index contributed by atoms with van der Waals surface area (Å²) in [4.78, 5) is 23.0. The highest BCUT2D eigenvalue weighted by Crippen LogP contribution is 2.17. The predicted molar refractivity (Wildman–Crippen MR) is 70.1 cm³/mol. The standard InChI is InChI=1S/C14H12FNO3/c1-3-4-16-7-10(14(18)19)13(17)9-6-11(15)8(2)5-12(9)16/h3,5-7H,1,4H2,2H3,(H,18,19). The summed E-state index contributed by atoms with van der Waals surface area (Å²) in [5, 5.41) is 9.07. The third-order valence-electron chi connectivity index (χ3n) is 2.92. The molecule has 4 nitrogen and oxygen atoms in total. The van der Waals surface area contributed by atoms with Crippen LogP contribution in [-0.4, -0.2) is 15.6 Å². The lowest BCUT2D eigenvalue weighted by Crippen LogP contribution is -2.19. The van der Waals surface area contributed by atoms with E-state index in [0.717, 1.165) is 6.07 Å². The molecular weight excluding hydrogens is 249 g/mol. The smallest absolute Gasteiger partial charge is 0.341 e. The maximum atomic E-state index is 13.6. The second kappa shape index (κ2) is 4.68. The van der Waals surface area contributed by atoms with Crippen molar-refractivity contribution in [2.45, 2.75) is 13.5 Å². The number of carbonyl (C=O) groups is 1. The van der Waals surface area contributed by atoms with Crippen LogP contribution in [0.4, 0.5) is 4.39 Å². The Bertz CT molecular complexity index is 746. The van der Waals surface area contributed by atoms with Crippen molar-refractivity contribution in [3.05, 3.63) is 58.2 Å². The number of aromatic carboxylic acids is 1. The van der Waals surface area contributed by atoms with E-state index < -0.39 is 17.2 Å². The van der Waals surface area contributed by atoms with Gasteiger partial charge in [-0.2, -0.15) is 0 Å². The zero-order valence-electron chi connectivity index (χ0n) is 10.3. The summed E-state index contributed by atoms with van der Waals surface area (Å²) in [5.41, 5.74) is -0.166. The number of fused-ring (bicyclic) bond motifs is 1. The molecule has 0 fully saturated rings. The van der Waals surface area contributed by atoms with Gasteiger partial charge in [0.2, 0.25) is 5.43 Å². The van der Waals surface area contributed by atoms with Crippen LogP contribution in [-0.2, 0) is 6.54 Å². The van der Waals surface area contributed by atoms with Crippen molar-refractivity contribution in [3.8, 4) is 0 Å². The molecule has 5 heteroatoms. The summed E-state index contributed by atoms with van der Waals surface area (Å²) in [6, 6.07) is 2.61. The SMILES string of the molecule is C=CCn1cc(C(=O)O)c(=O)c2cc(F)c(C)cc21. The van der Waals surface area contributed by atoms with E-state index >= 15 is 0 Å². The van der Waals surface area contributed by atoms with E-state index in [0.29, 0.717) is 17.6 Å². The molecule has 19 heavy (non-hydrogen) atoms. The van der Waals surface area contributed by atoms with Gasteiger partial charge >= 0.3 is 5.97 Å². The minimum Gasteiger partial charge on any atom is -0.477 e. The first-order chi connectivity index (χ1) is 8.95. The maximum Gasteiger partial charge on any atom is 0.341 e. The van der Waals surface area contributed by atoms with E-state index in [1.54, 1.807) is 17.6 Å². The van der Waals surface area contributed by atoms with E-state index in [2.05, 4.69) is 6.58 Å². The van der Waals surface area contributed by atoms with Crippen molar-refractivity contribution in [1.82, 2.24) is 4.57 Å². The summed E-state index contributed by atoms with van der Waals surface area (Å²) >= 11 is 0. The van der Waals surface area contributed by atoms with Crippen LogP contribution in [0.15, 0.2) is 35.8 Å². The fourth-order valence-corrected chi connectivity index (χ4v) is 1.96. The Kier molecular flexibility index (Phi) is 3.21. The summed E-state index contributed by atoms with van der Waals surface area (Å²) < 4.78 is 15.1. The molecule has 1 aromatic heterocycles. The van der Waals surface area contributed by atoms with E-state index in [4.69, 9.17) is 5.11 Å². The Morgan fingerprint density at radius 1 is 1.53 bits per heavy atom. The van der Waals surface area contributed by atoms with Gasteiger partial charge in [-0.15, -0.1) is 6.58 Å². The van der Waals surface area contributed by atoms with E-state index in [1.165, 1.54) is 12.3 Å². The Hall–Kier alpha value is -2.43. The van der Waals surface area contributed by atoms with Gasteiger partial charge in [0.25, 0.3) is 0 Å². The van der Waals surface area contributed by atoms with Crippen LogP contribution in [0.2, 0.25) is 0 Å². The summed E-state index contributed by atoms with van der Waals surface area (Å²) in [7, 11) is 0. The Morgan fingerprint density at radius 3 is 2.79 bits per heavy atom. The lowest BCUT2D eigenvalue weighted by molar-refractivity contribution is 0.0695. The van der Waals surface area contributed by atoms with E-state index in [9.17, 15) is 14.0 Å². The van der Waals surface area contributed by atoms with Crippen LogP contribution in [0.1, 0.15) is 15.9 Å². The molecule has 0 saturated heterocycles. The second-order valence-corrected chi connectivity index (χ2v) is 4.24. The number of hydrogen-bond acceptors (Lipinski definition) is 2. The van der Waals surface area contributed by atoms with Crippen LogP contribution in [0.5, 0.6) is 0 Å². The number of carboxylic acids is 1. The molecule has 2 rings (SSSR count). The number of rotatable bonds is 3. The van der Waals surface area contributed by atoms with Gasteiger partial charge in [-0.25, -0.2) is 9.18 Å². The molecule has 98 valence electrons. The van der Waals surface area contributed by atoms with Crippen molar-refractivity contribution >= 4 is 16.9 Å². The molecule has 0 aliphatic rings. The van der Waals surface area contributed by atoms with Gasteiger partial charge in [-0.3, -0.25) is 4.79 Å². The molecular formula is C14H12FNO3. The molecule has 0 aliphatic carbocycles. The highest BCUT2D eigenvalue weighted by Gasteiger charge is 2.15. The monoisotopic (exact) mass is 261 g/mol. The molecule has 0 atom stereocenters. The topological polar surface area (TPSA) is 59.3 Å². The Labute approximate surface area is 108 Å². The highest BCUT2D eigenvalue weighted by molar-refractivity contribution is 5.92. The molecule has 0 radical (unpaired) electrons. The first kappa shape index (κ1) is 13.0. The van der Waals surface area contributed by atoms with Gasteiger partial charge in [0.15, 0.2) is 0 Å². The normalized spacial score (nSPS) is 10.6. The van der Waals surface area contributed by atoms with E-state index in [1.807, 2.05) is 0 Å². The Balaban J connectivity index is 2.96. The van der Waals surface area contributed by atoms with Crippen molar-refractivity contribution in [3.63, 3.8) is 0 Å². The quantitative estimate of drug-likeness (QED) is 0.863. The van der Waals surface area contributed by atoms with Crippen LogP contribution in [0.25, 0.3) is 10.9 Å². The van der Waals surface area contributed by atoms with Gasteiger partial charge in [0.05, 0.1) is 5.52 Å². The summed E-state index contributed by atoms with van der Waals surface area (Å²) in [5.74, 6) is -1.86. The van der Waals surface area contributed by atoms with Gasteiger partial charge in [0.1, 0.15) is 11.4 Å². The largest absolute Gasteiger partial charge is 0.477 e. The molecule has 2 aromatic rings. The average Bonchev–Trinajstić information content (AvgIpc) is 2.35. The first-order valence-corrected chi connectivity index (χ1v) is 5.63. The van der Waals surface area contributed by atoms with Crippen molar-refractivity contribution in [2.75, 3.05) is 0 Å². The molecule has 0 unspecified atom stereocenters. The number of hydrogen-bond donors (Lipinski definition) is 1. The lowest BCUT2D eigenvalue weighted by atomic mass is 10.1. The third-order valence-corrected chi connectivity index (χ3v) is 2.92. The number of benzene rings is 1. The van der Waals surface area contributed by atoms with Crippen LogP contribution in [0, 0.1) is 12.7 Å². The molecule has 1 N–H and O–H groups in total. The maximum absolute atomic E-state index is 13.6. The third kappa shape index (κ3) is 2.14. The van der Waals surface area contributed by atoms with E-state index in [-0.39, 0.29) is 10.9 Å². The minimum absolute atomic E-state index is 0.0600. The van der Waals surface area contributed by atoms with Gasteiger partial charge in [-0.05, 0) is 24.6 Å². The van der Waals surface area contributed by atoms with Crippen LogP contribution >= 0.6 is 0 Å². The minimum atomic E-state index is -1.33. The molecule has 0 amide bonds. The molecule has 0 spiro atoms. The number of aryl methyl sites for hydroxylation is 1. The average molecular weight is 261 g/mol. The zero-order chi connectivity index (χ0) is 14.2. The fourth-order valence-electron chi connectivity index (χ4n) is 1.96. The number of allylic oxidation sites excluding steroid dienone is 1. The van der Waals surface area contributed by atoms with Gasteiger partial charge in [-0.1, -0.05) is 6.08 Å². The second-order valence-electron chi connectivity index (χ2n) is 4.24. The summed E-state index contributed by atoms with van der Waals surface area (Å²) in [6.45, 7) is 5.50. The van der Waals surface area contributed by atoms with Gasteiger partial charge < -0.3 is 9.67 Å². The van der Waals surface area contributed by atoms with Crippen LogP contribution < -0.4 is 5.43 Å². The molecule has 0 bridgehead atoms. The fraction of sp³-hybridized carbons (Fsp3) is 0.143. The predicted octanol–water partition coefficient (Wildman–Crippen LogP) is 2.33. The van der Waals surface area contributed by atoms with Crippen LogP contribution in [0.3, 0.4) is 0 Å². The zero-order valence-corrected chi connectivity index (χ0v) is 10.3. The summed E-state index contributed by atoms with van der Waals surface area (Å²) in [6.07, 6.45) is 2.83. The molecule has 1 aromatic carbocycles. The lowest BCUT2D eigenvalue weighted by Gasteiger charge is -2.11. The number of aromatic nitrogens is 1. The number of nitrogens with zero attached hydrogens (tertiary/aromatic N) is 1. The van der Waals surface area contributed by atoms with Crippen molar-refractivity contribution in [1.29, 1.82) is 0 Å². The Morgan fingerprint density at radius 2 is 2.21 bits per heavy atom. The van der Waals surface area contributed by atoms with Gasteiger partial charge in [0, 0.05) is 18.1 Å². The number of carboxylic acid groups (broad SMARTS) is 1. The molecule has 1 heterocycles. The number of pyridine rings is 1. The van der Waals surface area contributed by atoms with Crippen molar-refractivity contribution in [2.24, 2.45) is 0 Å². The highest BCUT2D eigenvalue weighted by atomic mass is 19.1. The molecule has 0 aliphatic heterocycles. The first-order valence-electron chi connectivity index (χ1n) is 5.63. The molecule has 0 saturated carbocycles. The number of halogens is 1. The van der Waals surface area contributed by atoms with Crippen molar-refractivity contribution < 1.29 is 14.3 Å².